The van der Waals surface area contributed by atoms with Crippen molar-refractivity contribution < 1.29 is 0 Å². The average molecular weight is 258 g/mol. The molecule has 0 radical (unpaired) electrons. The van der Waals surface area contributed by atoms with Crippen molar-refractivity contribution in [3.63, 3.8) is 0 Å². The molecule has 0 saturated heterocycles. The highest BCUT2D eigenvalue weighted by atomic mass is 15.0. The number of imidazole rings is 1. The molecule has 1 unspecified atom stereocenters. The van der Waals surface area contributed by atoms with Crippen molar-refractivity contribution in [1.29, 1.82) is 0 Å². The molecule has 4 nitrogen and oxygen atoms in total. The molecule has 1 atom stereocenters. The normalized spacial score (nSPS) is 12.6. The first-order chi connectivity index (χ1) is 9.26. The summed E-state index contributed by atoms with van der Waals surface area (Å²) in [7, 11) is 4.06. The van der Waals surface area contributed by atoms with Gasteiger partial charge in [0.15, 0.2) is 0 Å². The maximum Gasteiger partial charge on any atom is 0.108 e. The van der Waals surface area contributed by atoms with Crippen molar-refractivity contribution in [2.45, 2.75) is 32.2 Å². The third-order valence-corrected chi connectivity index (χ3v) is 3.62. The zero-order valence-electron chi connectivity index (χ0n) is 11.9. The minimum atomic E-state index is 0.356. The number of nitrogens with one attached hydrogen (secondary N) is 1. The summed E-state index contributed by atoms with van der Waals surface area (Å²) < 4.78 is 2.08. The van der Waals surface area contributed by atoms with Gasteiger partial charge in [-0.1, -0.05) is 6.92 Å². The number of hydrogen-bond donors (Lipinski definition) is 1. The van der Waals surface area contributed by atoms with Crippen molar-refractivity contribution in [3.8, 4) is 0 Å². The zero-order valence-corrected chi connectivity index (χ0v) is 11.9. The van der Waals surface area contributed by atoms with E-state index >= 15 is 0 Å². The highest BCUT2D eigenvalue weighted by Gasteiger charge is 2.13. The minimum absolute atomic E-state index is 0.356. The molecule has 2 rings (SSSR count). The summed E-state index contributed by atoms with van der Waals surface area (Å²) in [6, 6.07) is 2.48. The van der Waals surface area contributed by atoms with E-state index in [1.165, 1.54) is 11.1 Å². The van der Waals surface area contributed by atoms with E-state index in [9.17, 15) is 0 Å². The largest absolute Gasteiger partial charge is 0.338 e. The Kier molecular flexibility index (Phi) is 4.68. The van der Waals surface area contributed by atoms with Gasteiger partial charge in [-0.05, 0) is 37.1 Å². The SMILES string of the molecule is CCc1cnccc1C(CCc1nccn1C)NC. The molecule has 0 fully saturated rings. The fourth-order valence-electron chi connectivity index (χ4n) is 2.44. The summed E-state index contributed by atoms with van der Waals surface area (Å²) in [5.41, 5.74) is 2.68. The predicted octanol–water partition coefficient (Wildman–Crippen LogP) is 2.27. The van der Waals surface area contributed by atoms with E-state index < -0.39 is 0 Å². The molecule has 19 heavy (non-hydrogen) atoms. The summed E-state index contributed by atoms with van der Waals surface area (Å²) in [6.45, 7) is 2.17. The lowest BCUT2D eigenvalue weighted by molar-refractivity contribution is 0.531. The van der Waals surface area contributed by atoms with E-state index in [-0.39, 0.29) is 0 Å². The number of hydrogen-bond acceptors (Lipinski definition) is 3. The van der Waals surface area contributed by atoms with Gasteiger partial charge in [-0.3, -0.25) is 4.98 Å². The van der Waals surface area contributed by atoms with Crippen LogP contribution >= 0.6 is 0 Å². The number of aromatic nitrogens is 3. The summed E-state index contributed by atoms with van der Waals surface area (Å²) in [5.74, 6) is 1.13. The van der Waals surface area contributed by atoms with Crippen LogP contribution in [0.2, 0.25) is 0 Å². The molecule has 0 aromatic carbocycles. The second-order valence-corrected chi connectivity index (χ2v) is 4.76. The van der Waals surface area contributed by atoms with Crippen LogP contribution in [0.15, 0.2) is 30.9 Å². The highest BCUT2D eigenvalue weighted by Crippen LogP contribution is 2.22. The smallest absolute Gasteiger partial charge is 0.108 e. The van der Waals surface area contributed by atoms with Crippen LogP contribution in [0.1, 0.15) is 36.3 Å². The molecule has 2 aromatic heterocycles. The maximum atomic E-state index is 4.38. The molecule has 0 spiro atoms. The highest BCUT2D eigenvalue weighted by molar-refractivity contribution is 5.26. The van der Waals surface area contributed by atoms with E-state index in [0.717, 1.165) is 25.1 Å². The van der Waals surface area contributed by atoms with Gasteiger partial charge in [0.2, 0.25) is 0 Å². The molecule has 0 amide bonds. The van der Waals surface area contributed by atoms with E-state index in [1.807, 2.05) is 38.9 Å². The van der Waals surface area contributed by atoms with Crippen LogP contribution in [0.5, 0.6) is 0 Å². The van der Waals surface area contributed by atoms with Crippen LogP contribution in [-0.2, 0) is 19.9 Å². The molecule has 2 heterocycles. The van der Waals surface area contributed by atoms with Crippen molar-refractivity contribution in [2.75, 3.05) is 7.05 Å². The molecule has 4 heteroatoms. The number of pyridine rings is 1. The monoisotopic (exact) mass is 258 g/mol. The summed E-state index contributed by atoms with van der Waals surface area (Å²) in [5, 5.41) is 3.41. The average Bonchev–Trinajstić information content (AvgIpc) is 2.85. The zero-order chi connectivity index (χ0) is 13.7. The van der Waals surface area contributed by atoms with Gasteiger partial charge in [-0.15, -0.1) is 0 Å². The Bertz CT molecular complexity index is 518. The molecule has 0 saturated carbocycles. The first-order valence-electron chi connectivity index (χ1n) is 6.82. The fraction of sp³-hybridized carbons (Fsp3) is 0.467. The second-order valence-electron chi connectivity index (χ2n) is 4.76. The van der Waals surface area contributed by atoms with Crippen molar-refractivity contribution in [3.05, 3.63) is 47.8 Å². The first-order valence-corrected chi connectivity index (χ1v) is 6.82. The Balaban J connectivity index is 2.10. The Hall–Kier alpha value is -1.68. The van der Waals surface area contributed by atoms with Crippen molar-refractivity contribution in [1.82, 2.24) is 19.9 Å². The van der Waals surface area contributed by atoms with Gasteiger partial charge in [0, 0.05) is 44.3 Å². The lowest BCUT2D eigenvalue weighted by atomic mass is 9.97. The summed E-state index contributed by atoms with van der Waals surface area (Å²) >= 11 is 0. The molecule has 0 aliphatic carbocycles. The molecule has 2 aromatic rings. The van der Waals surface area contributed by atoms with Gasteiger partial charge in [-0.2, -0.15) is 0 Å². The van der Waals surface area contributed by atoms with Crippen LogP contribution in [0, 0.1) is 0 Å². The van der Waals surface area contributed by atoms with Crippen LogP contribution in [0.4, 0.5) is 0 Å². The van der Waals surface area contributed by atoms with Crippen LogP contribution in [-0.4, -0.2) is 21.6 Å². The molecular formula is C15H22N4. The third-order valence-electron chi connectivity index (χ3n) is 3.62. The number of nitrogens with zero attached hydrogens (tertiary/aromatic N) is 3. The summed E-state index contributed by atoms with van der Waals surface area (Å²) in [4.78, 5) is 8.59. The lowest BCUT2D eigenvalue weighted by Crippen LogP contribution is -2.19. The number of aryl methyl sites for hydroxylation is 3. The lowest BCUT2D eigenvalue weighted by Gasteiger charge is -2.19. The molecular weight excluding hydrogens is 236 g/mol. The Morgan fingerprint density at radius 3 is 2.84 bits per heavy atom. The maximum absolute atomic E-state index is 4.38. The van der Waals surface area contributed by atoms with E-state index in [4.69, 9.17) is 0 Å². The Labute approximate surface area is 114 Å². The van der Waals surface area contributed by atoms with Gasteiger partial charge >= 0.3 is 0 Å². The molecule has 1 N–H and O–H groups in total. The fourth-order valence-corrected chi connectivity index (χ4v) is 2.44. The van der Waals surface area contributed by atoms with Crippen LogP contribution in [0.25, 0.3) is 0 Å². The Morgan fingerprint density at radius 2 is 2.21 bits per heavy atom. The predicted molar refractivity (Wildman–Crippen MR) is 76.9 cm³/mol. The van der Waals surface area contributed by atoms with Gasteiger partial charge < -0.3 is 9.88 Å². The minimum Gasteiger partial charge on any atom is -0.338 e. The quantitative estimate of drug-likeness (QED) is 0.864. The van der Waals surface area contributed by atoms with Gasteiger partial charge in [0.25, 0.3) is 0 Å². The van der Waals surface area contributed by atoms with E-state index in [1.54, 1.807) is 0 Å². The Morgan fingerprint density at radius 1 is 1.37 bits per heavy atom. The van der Waals surface area contributed by atoms with Crippen molar-refractivity contribution >= 4 is 0 Å². The first kappa shape index (κ1) is 13.7. The van der Waals surface area contributed by atoms with E-state index in [2.05, 4.69) is 32.8 Å². The van der Waals surface area contributed by atoms with Gasteiger partial charge in [0.05, 0.1) is 0 Å². The second kappa shape index (κ2) is 6.48. The standard InChI is InChI=1S/C15H22N4/c1-4-12-11-17-8-7-13(12)14(16-2)5-6-15-18-9-10-19(15)3/h7-11,14,16H,4-6H2,1-3H3. The van der Waals surface area contributed by atoms with Crippen LogP contribution < -0.4 is 5.32 Å². The van der Waals surface area contributed by atoms with E-state index in [0.29, 0.717) is 6.04 Å². The topological polar surface area (TPSA) is 42.7 Å². The van der Waals surface area contributed by atoms with Gasteiger partial charge in [0.1, 0.15) is 5.82 Å². The molecule has 0 aliphatic rings. The third kappa shape index (κ3) is 3.20. The van der Waals surface area contributed by atoms with Gasteiger partial charge in [-0.25, -0.2) is 4.98 Å². The molecule has 102 valence electrons. The molecule has 0 aliphatic heterocycles. The number of rotatable bonds is 6. The molecule has 0 bridgehead atoms. The van der Waals surface area contributed by atoms with Crippen molar-refractivity contribution in [2.24, 2.45) is 7.05 Å². The van der Waals surface area contributed by atoms with Crippen LogP contribution in [0.3, 0.4) is 0 Å². The summed E-state index contributed by atoms with van der Waals surface area (Å²) in [6.07, 6.45) is 10.7.